The summed E-state index contributed by atoms with van der Waals surface area (Å²) in [5.74, 6) is 0.108. The van der Waals surface area contributed by atoms with Gasteiger partial charge in [0.15, 0.2) is 0 Å². The SMILES string of the molecule is CC(=O)N1CCC(c2nc(C)cc(C(F)(F)F)n2)CC1. The molecule has 0 unspecified atom stereocenters. The van der Waals surface area contributed by atoms with Crippen molar-refractivity contribution in [3.05, 3.63) is 23.3 Å². The molecule has 1 amide bonds. The van der Waals surface area contributed by atoms with Gasteiger partial charge in [-0.3, -0.25) is 4.79 Å². The summed E-state index contributed by atoms with van der Waals surface area (Å²) in [5.41, 5.74) is -0.578. The van der Waals surface area contributed by atoms with Gasteiger partial charge in [-0.05, 0) is 25.8 Å². The quantitative estimate of drug-likeness (QED) is 0.797. The molecule has 0 atom stereocenters. The van der Waals surface area contributed by atoms with Gasteiger partial charge >= 0.3 is 6.18 Å². The summed E-state index contributed by atoms with van der Waals surface area (Å²) in [7, 11) is 0. The standard InChI is InChI=1S/C13H16F3N3O/c1-8-7-11(13(14,15)16)18-12(17-8)10-3-5-19(6-4-10)9(2)20/h7,10H,3-6H2,1-2H3. The molecule has 0 saturated carbocycles. The molecule has 1 fully saturated rings. The first-order valence-electron chi connectivity index (χ1n) is 6.45. The third-order valence-electron chi connectivity index (χ3n) is 3.47. The molecular weight excluding hydrogens is 271 g/mol. The van der Waals surface area contributed by atoms with E-state index in [0.717, 1.165) is 6.07 Å². The minimum Gasteiger partial charge on any atom is -0.343 e. The average Bonchev–Trinajstić information content (AvgIpc) is 2.37. The van der Waals surface area contributed by atoms with Crippen LogP contribution < -0.4 is 0 Å². The molecule has 2 rings (SSSR count). The smallest absolute Gasteiger partial charge is 0.343 e. The summed E-state index contributed by atoms with van der Waals surface area (Å²) >= 11 is 0. The van der Waals surface area contributed by atoms with Crippen LogP contribution >= 0.6 is 0 Å². The molecule has 4 nitrogen and oxygen atoms in total. The molecule has 1 aromatic rings. The van der Waals surface area contributed by atoms with Gasteiger partial charge in [0.1, 0.15) is 11.5 Å². The lowest BCUT2D eigenvalue weighted by atomic mass is 9.95. The number of piperidine rings is 1. The van der Waals surface area contributed by atoms with E-state index in [0.29, 0.717) is 31.6 Å². The second-order valence-electron chi connectivity index (χ2n) is 5.03. The maximum atomic E-state index is 12.7. The lowest BCUT2D eigenvalue weighted by Gasteiger charge is -2.30. The predicted molar refractivity (Wildman–Crippen MR) is 66.0 cm³/mol. The minimum absolute atomic E-state index is 0.00964. The molecule has 1 aromatic heterocycles. The molecule has 2 heterocycles. The molecule has 0 aromatic carbocycles. The monoisotopic (exact) mass is 287 g/mol. The first-order chi connectivity index (χ1) is 9.27. The van der Waals surface area contributed by atoms with E-state index >= 15 is 0 Å². The average molecular weight is 287 g/mol. The van der Waals surface area contributed by atoms with Gasteiger partial charge in [0.2, 0.25) is 5.91 Å². The van der Waals surface area contributed by atoms with Crippen LogP contribution in [0.3, 0.4) is 0 Å². The van der Waals surface area contributed by atoms with E-state index in [1.165, 1.54) is 13.8 Å². The Hall–Kier alpha value is -1.66. The molecule has 1 aliphatic rings. The first kappa shape index (κ1) is 14.7. The molecular formula is C13H16F3N3O. The number of halogens is 3. The second-order valence-corrected chi connectivity index (χ2v) is 5.03. The van der Waals surface area contributed by atoms with Crippen LogP contribution in [-0.2, 0) is 11.0 Å². The van der Waals surface area contributed by atoms with Crippen molar-refractivity contribution in [2.75, 3.05) is 13.1 Å². The highest BCUT2D eigenvalue weighted by molar-refractivity contribution is 5.73. The summed E-state index contributed by atoms with van der Waals surface area (Å²) < 4.78 is 38.2. The number of likely N-dealkylation sites (tertiary alicyclic amines) is 1. The van der Waals surface area contributed by atoms with Crippen LogP contribution in [0.5, 0.6) is 0 Å². The molecule has 0 radical (unpaired) electrons. The number of hydrogen-bond donors (Lipinski definition) is 0. The summed E-state index contributed by atoms with van der Waals surface area (Å²) in [5, 5.41) is 0. The van der Waals surface area contributed by atoms with Crippen molar-refractivity contribution in [3.63, 3.8) is 0 Å². The lowest BCUT2D eigenvalue weighted by molar-refractivity contribution is -0.141. The number of aryl methyl sites for hydroxylation is 1. The Kier molecular flexibility index (Phi) is 3.96. The first-order valence-corrected chi connectivity index (χ1v) is 6.45. The van der Waals surface area contributed by atoms with Crippen molar-refractivity contribution in [3.8, 4) is 0 Å². The van der Waals surface area contributed by atoms with E-state index in [9.17, 15) is 18.0 Å². The zero-order valence-electron chi connectivity index (χ0n) is 11.4. The fraction of sp³-hybridized carbons (Fsp3) is 0.615. The fourth-order valence-corrected chi connectivity index (χ4v) is 2.37. The third kappa shape index (κ3) is 3.26. The molecule has 7 heteroatoms. The number of nitrogens with zero attached hydrogens (tertiary/aromatic N) is 3. The summed E-state index contributed by atoms with van der Waals surface area (Å²) in [6, 6.07) is 0.953. The number of rotatable bonds is 1. The van der Waals surface area contributed by atoms with Crippen molar-refractivity contribution in [2.45, 2.75) is 38.8 Å². The van der Waals surface area contributed by atoms with Crippen molar-refractivity contribution >= 4 is 5.91 Å². The molecule has 20 heavy (non-hydrogen) atoms. The summed E-state index contributed by atoms with van der Waals surface area (Å²) in [6.07, 6.45) is -3.26. The Bertz CT molecular complexity index is 508. The number of amides is 1. The Balaban J connectivity index is 2.18. The highest BCUT2D eigenvalue weighted by atomic mass is 19.4. The van der Waals surface area contributed by atoms with Crippen LogP contribution in [0.1, 0.15) is 42.9 Å². The normalized spacial score (nSPS) is 17.4. The molecule has 1 aliphatic heterocycles. The zero-order chi connectivity index (χ0) is 14.9. The number of carbonyl (C=O) groups is 1. The fourth-order valence-electron chi connectivity index (χ4n) is 2.37. The number of hydrogen-bond acceptors (Lipinski definition) is 3. The van der Waals surface area contributed by atoms with Gasteiger partial charge in [0.05, 0.1) is 0 Å². The van der Waals surface area contributed by atoms with E-state index < -0.39 is 11.9 Å². The Morgan fingerprint density at radius 3 is 2.40 bits per heavy atom. The van der Waals surface area contributed by atoms with E-state index in [1.807, 2.05) is 0 Å². The number of alkyl halides is 3. The van der Waals surface area contributed by atoms with Crippen molar-refractivity contribution in [1.29, 1.82) is 0 Å². The third-order valence-corrected chi connectivity index (χ3v) is 3.47. The Morgan fingerprint density at radius 1 is 1.30 bits per heavy atom. The minimum atomic E-state index is -4.46. The topological polar surface area (TPSA) is 46.1 Å². The summed E-state index contributed by atoms with van der Waals surface area (Å²) in [4.78, 5) is 20.7. The van der Waals surface area contributed by atoms with Gasteiger partial charge in [-0.1, -0.05) is 0 Å². The lowest BCUT2D eigenvalue weighted by Crippen LogP contribution is -2.36. The maximum absolute atomic E-state index is 12.7. The van der Waals surface area contributed by atoms with Gasteiger partial charge in [-0.2, -0.15) is 13.2 Å². The van der Waals surface area contributed by atoms with Crippen LogP contribution in [0.2, 0.25) is 0 Å². The largest absolute Gasteiger partial charge is 0.433 e. The zero-order valence-corrected chi connectivity index (χ0v) is 11.4. The maximum Gasteiger partial charge on any atom is 0.433 e. The molecule has 0 spiro atoms. The highest BCUT2D eigenvalue weighted by Gasteiger charge is 2.34. The predicted octanol–water partition coefficient (Wildman–Crippen LogP) is 2.53. The second kappa shape index (κ2) is 5.38. The highest BCUT2D eigenvalue weighted by Crippen LogP contribution is 2.31. The van der Waals surface area contributed by atoms with E-state index in [4.69, 9.17) is 0 Å². The van der Waals surface area contributed by atoms with Crippen LogP contribution in [0.25, 0.3) is 0 Å². The molecule has 0 bridgehead atoms. The molecule has 0 aliphatic carbocycles. The van der Waals surface area contributed by atoms with Gasteiger partial charge in [-0.15, -0.1) is 0 Å². The molecule has 0 N–H and O–H groups in total. The van der Waals surface area contributed by atoms with E-state index in [1.54, 1.807) is 4.90 Å². The Labute approximate surface area is 115 Å². The van der Waals surface area contributed by atoms with Crippen LogP contribution in [-0.4, -0.2) is 33.9 Å². The van der Waals surface area contributed by atoms with Crippen LogP contribution in [0.15, 0.2) is 6.07 Å². The number of carbonyl (C=O) groups excluding carboxylic acids is 1. The van der Waals surface area contributed by atoms with Crippen LogP contribution in [0, 0.1) is 6.92 Å². The van der Waals surface area contributed by atoms with Gasteiger partial charge < -0.3 is 4.90 Å². The number of aromatic nitrogens is 2. The van der Waals surface area contributed by atoms with Crippen molar-refractivity contribution < 1.29 is 18.0 Å². The van der Waals surface area contributed by atoms with E-state index in [2.05, 4.69) is 9.97 Å². The summed E-state index contributed by atoms with van der Waals surface area (Å²) in [6.45, 7) is 4.10. The van der Waals surface area contributed by atoms with Crippen molar-refractivity contribution in [2.24, 2.45) is 0 Å². The molecule has 110 valence electrons. The van der Waals surface area contributed by atoms with Gasteiger partial charge in [-0.25, -0.2) is 9.97 Å². The van der Waals surface area contributed by atoms with Crippen LogP contribution in [0.4, 0.5) is 13.2 Å². The molecule has 1 saturated heterocycles. The van der Waals surface area contributed by atoms with Crippen molar-refractivity contribution in [1.82, 2.24) is 14.9 Å². The Morgan fingerprint density at radius 2 is 1.90 bits per heavy atom. The van der Waals surface area contributed by atoms with E-state index in [-0.39, 0.29) is 17.6 Å². The van der Waals surface area contributed by atoms with Gasteiger partial charge in [0, 0.05) is 31.6 Å². The van der Waals surface area contributed by atoms with Gasteiger partial charge in [0.25, 0.3) is 0 Å².